The Morgan fingerprint density at radius 3 is 1.73 bits per heavy atom. The summed E-state index contributed by atoms with van der Waals surface area (Å²) in [6.45, 7) is 0. The van der Waals surface area contributed by atoms with Crippen LogP contribution in [0.2, 0.25) is 0 Å². The lowest BCUT2D eigenvalue weighted by atomic mass is 9.77. The molecule has 0 saturated heterocycles. The van der Waals surface area contributed by atoms with Crippen LogP contribution in [0.5, 0.6) is 0 Å². The van der Waals surface area contributed by atoms with E-state index in [9.17, 15) is 0 Å². The van der Waals surface area contributed by atoms with E-state index >= 15 is 0 Å². The molecular formula is C20H26N2. The molecule has 0 unspecified atom stereocenters. The lowest BCUT2D eigenvalue weighted by Gasteiger charge is -2.28. The molecule has 0 bridgehead atoms. The van der Waals surface area contributed by atoms with Crippen LogP contribution in [-0.2, 0) is 12.8 Å². The van der Waals surface area contributed by atoms with Crippen molar-refractivity contribution < 1.29 is 0 Å². The van der Waals surface area contributed by atoms with Gasteiger partial charge in [-0.25, -0.2) is 0 Å². The van der Waals surface area contributed by atoms with Crippen LogP contribution in [0, 0.1) is 11.8 Å². The molecule has 2 aromatic carbocycles. The monoisotopic (exact) mass is 294 g/mol. The zero-order chi connectivity index (χ0) is 15.4. The van der Waals surface area contributed by atoms with Gasteiger partial charge in [0.1, 0.15) is 0 Å². The Kier molecular flexibility index (Phi) is 4.67. The van der Waals surface area contributed by atoms with Crippen molar-refractivity contribution >= 4 is 11.4 Å². The highest BCUT2D eigenvalue weighted by molar-refractivity contribution is 5.54. The van der Waals surface area contributed by atoms with Gasteiger partial charge in [-0.2, -0.15) is 0 Å². The van der Waals surface area contributed by atoms with Gasteiger partial charge >= 0.3 is 0 Å². The molecule has 2 heteroatoms. The zero-order valence-electron chi connectivity index (χ0n) is 13.2. The summed E-state index contributed by atoms with van der Waals surface area (Å²) in [5.41, 5.74) is 16.1. The summed E-state index contributed by atoms with van der Waals surface area (Å²) in [4.78, 5) is 0. The van der Waals surface area contributed by atoms with Gasteiger partial charge in [0, 0.05) is 11.4 Å². The van der Waals surface area contributed by atoms with Crippen molar-refractivity contribution in [2.45, 2.75) is 38.5 Å². The van der Waals surface area contributed by atoms with Crippen LogP contribution in [0.4, 0.5) is 11.4 Å². The van der Waals surface area contributed by atoms with Crippen LogP contribution >= 0.6 is 0 Å². The summed E-state index contributed by atoms with van der Waals surface area (Å²) >= 11 is 0. The van der Waals surface area contributed by atoms with Crippen LogP contribution in [0.25, 0.3) is 0 Å². The third-order valence-corrected chi connectivity index (χ3v) is 4.90. The predicted molar refractivity (Wildman–Crippen MR) is 94.6 cm³/mol. The quantitative estimate of drug-likeness (QED) is 0.819. The molecule has 0 aromatic heterocycles. The topological polar surface area (TPSA) is 52.0 Å². The van der Waals surface area contributed by atoms with E-state index in [1.807, 2.05) is 6.07 Å². The Bertz CT molecular complexity index is 578. The fraction of sp³-hybridized carbons (Fsp3) is 0.400. The van der Waals surface area contributed by atoms with Crippen molar-refractivity contribution in [2.75, 3.05) is 11.5 Å². The molecule has 0 spiro atoms. The lowest BCUT2D eigenvalue weighted by Crippen LogP contribution is -2.18. The second-order valence-corrected chi connectivity index (χ2v) is 6.79. The van der Waals surface area contributed by atoms with E-state index in [0.29, 0.717) is 0 Å². The van der Waals surface area contributed by atoms with Crippen LogP contribution < -0.4 is 11.5 Å². The second-order valence-electron chi connectivity index (χ2n) is 6.79. The van der Waals surface area contributed by atoms with Crippen molar-refractivity contribution in [1.82, 2.24) is 0 Å². The van der Waals surface area contributed by atoms with Gasteiger partial charge in [0.25, 0.3) is 0 Å². The maximum atomic E-state index is 5.89. The summed E-state index contributed by atoms with van der Waals surface area (Å²) in [6.07, 6.45) is 7.69. The van der Waals surface area contributed by atoms with Gasteiger partial charge in [0.15, 0.2) is 0 Å². The lowest BCUT2D eigenvalue weighted by molar-refractivity contribution is 0.272. The number of nitrogens with two attached hydrogens (primary N) is 2. The normalized spacial score (nSPS) is 21.6. The van der Waals surface area contributed by atoms with E-state index in [2.05, 4.69) is 42.5 Å². The minimum absolute atomic E-state index is 0.785. The highest BCUT2D eigenvalue weighted by Crippen LogP contribution is 2.33. The molecule has 1 aliphatic rings. The van der Waals surface area contributed by atoms with Crippen molar-refractivity contribution in [3.05, 3.63) is 59.7 Å². The average molecular weight is 294 g/mol. The summed E-state index contributed by atoms with van der Waals surface area (Å²) in [7, 11) is 0. The van der Waals surface area contributed by atoms with E-state index in [0.717, 1.165) is 29.6 Å². The number of nitrogen functional groups attached to an aromatic ring is 2. The molecule has 2 aromatic rings. The first-order chi connectivity index (χ1) is 10.7. The van der Waals surface area contributed by atoms with E-state index in [-0.39, 0.29) is 0 Å². The molecule has 3 rings (SSSR count). The van der Waals surface area contributed by atoms with Gasteiger partial charge < -0.3 is 11.5 Å². The Labute approximate surface area is 133 Å². The largest absolute Gasteiger partial charge is 0.399 e. The number of rotatable bonds is 4. The molecule has 116 valence electrons. The van der Waals surface area contributed by atoms with Crippen molar-refractivity contribution in [3.8, 4) is 0 Å². The summed E-state index contributed by atoms with van der Waals surface area (Å²) in [6, 6.07) is 16.9. The number of hydrogen-bond donors (Lipinski definition) is 2. The molecule has 4 N–H and O–H groups in total. The smallest absolute Gasteiger partial charge is 0.0337 e. The maximum absolute atomic E-state index is 5.89. The minimum Gasteiger partial charge on any atom is -0.399 e. The SMILES string of the molecule is Nc1cc(N)cc(CC2CCC(Cc3ccccc3)CC2)c1. The molecule has 1 aliphatic carbocycles. The molecule has 22 heavy (non-hydrogen) atoms. The van der Waals surface area contributed by atoms with Gasteiger partial charge in [0.05, 0.1) is 0 Å². The summed E-state index contributed by atoms with van der Waals surface area (Å²) in [5, 5.41) is 0. The van der Waals surface area contributed by atoms with Gasteiger partial charge in [-0.3, -0.25) is 0 Å². The van der Waals surface area contributed by atoms with Gasteiger partial charge in [-0.05, 0) is 79.7 Å². The molecule has 0 amide bonds. The van der Waals surface area contributed by atoms with Crippen LogP contribution in [0.1, 0.15) is 36.8 Å². The molecule has 0 aliphatic heterocycles. The molecule has 1 fully saturated rings. The third kappa shape index (κ3) is 4.03. The molecular weight excluding hydrogens is 268 g/mol. The zero-order valence-corrected chi connectivity index (χ0v) is 13.2. The first-order valence-corrected chi connectivity index (χ1v) is 8.38. The van der Waals surface area contributed by atoms with E-state index in [1.165, 1.54) is 43.2 Å². The van der Waals surface area contributed by atoms with Gasteiger partial charge in [0.2, 0.25) is 0 Å². The molecule has 2 nitrogen and oxygen atoms in total. The Hall–Kier alpha value is -1.96. The summed E-state index contributed by atoms with van der Waals surface area (Å²) < 4.78 is 0. The number of anilines is 2. The molecule has 1 saturated carbocycles. The third-order valence-electron chi connectivity index (χ3n) is 4.90. The van der Waals surface area contributed by atoms with E-state index in [4.69, 9.17) is 11.5 Å². The van der Waals surface area contributed by atoms with Crippen molar-refractivity contribution in [3.63, 3.8) is 0 Å². The van der Waals surface area contributed by atoms with Gasteiger partial charge in [-0.15, -0.1) is 0 Å². The van der Waals surface area contributed by atoms with Crippen molar-refractivity contribution in [1.29, 1.82) is 0 Å². The molecule has 0 radical (unpaired) electrons. The average Bonchev–Trinajstić information content (AvgIpc) is 2.49. The first kappa shape index (κ1) is 15.0. The minimum atomic E-state index is 0.785. The predicted octanol–water partition coefficient (Wildman–Crippen LogP) is 4.44. The van der Waals surface area contributed by atoms with E-state index < -0.39 is 0 Å². The van der Waals surface area contributed by atoms with Crippen molar-refractivity contribution in [2.24, 2.45) is 11.8 Å². The number of hydrogen-bond acceptors (Lipinski definition) is 2. The highest BCUT2D eigenvalue weighted by atomic mass is 14.6. The van der Waals surface area contributed by atoms with Crippen LogP contribution in [-0.4, -0.2) is 0 Å². The standard InChI is InChI=1S/C20H26N2/c21-19-12-18(13-20(22)14-19)11-17-8-6-16(7-9-17)10-15-4-2-1-3-5-15/h1-5,12-14,16-17H,6-11,21-22H2. The van der Waals surface area contributed by atoms with Crippen LogP contribution in [0.3, 0.4) is 0 Å². The van der Waals surface area contributed by atoms with Gasteiger partial charge in [-0.1, -0.05) is 30.3 Å². The highest BCUT2D eigenvalue weighted by Gasteiger charge is 2.21. The van der Waals surface area contributed by atoms with E-state index in [1.54, 1.807) is 0 Å². The number of benzene rings is 2. The van der Waals surface area contributed by atoms with Crippen LogP contribution in [0.15, 0.2) is 48.5 Å². The first-order valence-electron chi connectivity index (χ1n) is 8.38. The summed E-state index contributed by atoms with van der Waals surface area (Å²) in [5.74, 6) is 1.64. The fourth-order valence-electron chi connectivity index (χ4n) is 3.78. The fourth-order valence-corrected chi connectivity index (χ4v) is 3.78. The Morgan fingerprint density at radius 2 is 1.18 bits per heavy atom. The maximum Gasteiger partial charge on any atom is 0.0337 e. The molecule has 0 heterocycles. The Balaban J connectivity index is 1.51. The molecule has 0 atom stereocenters. The second kappa shape index (κ2) is 6.87. The Morgan fingerprint density at radius 1 is 0.682 bits per heavy atom.